The SMILES string of the molecule is COc1ccc(C(Nc2ccn([C@@H]3O[C@](CN=[N+]=[N-])(COC(=O)C(C)C)[C@@H](OC(=O)C(C)C)[C@@]3(C)F)c(=O)n2)(c2ccccc2)c2ccc(OC)cc2)cc1. The quantitative estimate of drug-likeness (QED) is 0.0450. The van der Waals surface area contributed by atoms with Crippen molar-refractivity contribution in [2.45, 2.75) is 63.8 Å². The molecule has 1 N–H and O–H groups in total. The van der Waals surface area contributed by atoms with Crippen molar-refractivity contribution in [3.05, 3.63) is 129 Å². The standard InChI is InChI=1S/C40H45FN6O8/c1-25(2)33(48)53-24-39(23-43-46-42)35(54-34(49)26(3)4)38(5,41)36(55-39)47-22-21-32(44-37(47)50)45-40(27-11-9-8-10-12-27,28-13-17-30(51-6)18-14-28)29-15-19-31(52-7)20-16-29/h8-22,25-26,35-36H,23-24H2,1-7H3,(H,44,45,50)/t35-,36+,38+,39+/m0/s1. The largest absolute Gasteiger partial charge is 0.497 e. The summed E-state index contributed by atoms with van der Waals surface area (Å²) >= 11 is 0. The highest BCUT2D eigenvalue weighted by Gasteiger charge is 2.66. The number of carbonyl (C=O) groups excluding carboxylic acids is 2. The monoisotopic (exact) mass is 756 g/mol. The molecule has 1 fully saturated rings. The number of benzene rings is 3. The first-order valence-corrected chi connectivity index (χ1v) is 17.7. The van der Waals surface area contributed by atoms with E-state index in [-0.39, 0.29) is 5.82 Å². The van der Waals surface area contributed by atoms with E-state index in [9.17, 15) is 19.9 Å². The van der Waals surface area contributed by atoms with Gasteiger partial charge in [-0.05, 0) is 59.5 Å². The molecule has 0 unspecified atom stereocenters. The molecule has 4 atom stereocenters. The summed E-state index contributed by atoms with van der Waals surface area (Å²) in [5.41, 5.74) is 4.93. The number of anilines is 1. The Morgan fingerprint density at radius 3 is 1.96 bits per heavy atom. The number of rotatable bonds is 15. The lowest BCUT2D eigenvalue weighted by Crippen LogP contribution is -2.55. The lowest BCUT2D eigenvalue weighted by molar-refractivity contribution is -0.180. The van der Waals surface area contributed by atoms with E-state index in [1.165, 1.54) is 12.3 Å². The predicted octanol–water partition coefficient (Wildman–Crippen LogP) is 6.74. The Balaban J connectivity index is 1.63. The molecular formula is C40H45FN6O8. The molecule has 5 rings (SSSR count). The summed E-state index contributed by atoms with van der Waals surface area (Å²) in [5.74, 6) is -1.26. The normalized spacial score (nSPS) is 20.8. The summed E-state index contributed by atoms with van der Waals surface area (Å²) in [6.07, 6.45) is -2.23. The van der Waals surface area contributed by atoms with E-state index < -0.39 is 71.8 Å². The Bertz CT molecular complexity index is 2020. The van der Waals surface area contributed by atoms with Gasteiger partial charge < -0.3 is 29.0 Å². The van der Waals surface area contributed by atoms with Crippen molar-refractivity contribution in [3.8, 4) is 11.5 Å². The summed E-state index contributed by atoms with van der Waals surface area (Å²) in [4.78, 5) is 46.7. The van der Waals surface area contributed by atoms with E-state index in [1.54, 1.807) is 41.9 Å². The Morgan fingerprint density at radius 2 is 1.47 bits per heavy atom. The van der Waals surface area contributed by atoms with Crippen molar-refractivity contribution in [3.63, 3.8) is 0 Å². The molecule has 1 aromatic heterocycles. The molecule has 1 aliphatic heterocycles. The third kappa shape index (κ3) is 8.13. The smallest absolute Gasteiger partial charge is 0.351 e. The Labute approximate surface area is 318 Å². The summed E-state index contributed by atoms with van der Waals surface area (Å²) in [5, 5.41) is 7.12. The zero-order valence-electron chi connectivity index (χ0n) is 31.8. The van der Waals surface area contributed by atoms with Crippen LogP contribution in [0.5, 0.6) is 11.5 Å². The van der Waals surface area contributed by atoms with Crippen LogP contribution in [0.25, 0.3) is 10.4 Å². The van der Waals surface area contributed by atoms with E-state index in [1.807, 2.05) is 78.9 Å². The van der Waals surface area contributed by atoms with Gasteiger partial charge in [-0.1, -0.05) is 87.4 Å². The van der Waals surface area contributed by atoms with Crippen molar-refractivity contribution in [2.24, 2.45) is 17.0 Å². The molecule has 4 aromatic rings. The molecule has 0 spiro atoms. The molecule has 2 heterocycles. The number of nitrogens with one attached hydrogen (secondary N) is 1. The minimum atomic E-state index is -2.62. The molecule has 1 saturated heterocycles. The lowest BCUT2D eigenvalue weighted by Gasteiger charge is -2.37. The summed E-state index contributed by atoms with van der Waals surface area (Å²) < 4.78 is 46.5. The van der Waals surface area contributed by atoms with Crippen LogP contribution < -0.4 is 20.5 Å². The molecule has 1 aliphatic rings. The van der Waals surface area contributed by atoms with Gasteiger partial charge in [0, 0.05) is 11.1 Å². The van der Waals surface area contributed by atoms with E-state index >= 15 is 4.39 Å². The van der Waals surface area contributed by atoms with Gasteiger partial charge in [-0.25, -0.2) is 9.18 Å². The van der Waals surface area contributed by atoms with Gasteiger partial charge in [0.1, 0.15) is 29.5 Å². The van der Waals surface area contributed by atoms with Gasteiger partial charge in [-0.3, -0.25) is 14.2 Å². The van der Waals surface area contributed by atoms with Gasteiger partial charge in [0.2, 0.25) is 0 Å². The minimum Gasteiger partial charge on any atom is -0.497 e. The van der Waals surface area contributed by atoms with E-state index in [4.69, 9.17) is 23.7 Å². The van der Waals surface area contributed by atoms with E-state index in [0.29, 0.717) is 11.5 Å². The number of carbonyl (C=O) groups is 2. The molecule has 290 valence electrons. The maximum absolute atomic E-state index is 17.3. The first kappa shape index (κ1) is 40.3. The van der Waals surface area contributed by atoms with E-state index in [2.05, 4.69) is 20.3 Å². The molecule has 15 heteroatoms. The van der Waals surface area contributed by atoms with Crippen molar-refractivity contribution >= 4 is 17.8 Å². The van der Waals surface area contributed by atoms with Crippen LogP contribution in [0, 0.1) is 11.8 Å². The first-order valence-electron chi connectivity index (χ1n) is 17.7. The maximum atomic E-state index is 17.3. The van der Waals surface area contributed by atoms with Gasteiger partial charge in [0.15, 0.2) is 23.6 Å². The number of azide groups is 1. The lowest BCUT2D eigenvalue weighted by atomic mass is 9.77. The number of alkyl halides is 1. The molecule has 0 radical (unpaired) electrons. The Morgan fingerprint density at radius 1 is 0.927 bits per heavy atom. The van der Waals surface area contributed by atoms with Crippen LogP contribution in [0.3, 0.4) is 0 Å². The molecule has 0 amide bonds. The molecule has 14 nitrogen and oxygen atoms in total. The van der Waals surface area contributed by atoms with Crippen LogP contribution in [0.1, 0.15) is 57.5 Å². The third-order valence-corrected chi connectivity index (χ3v) is 9.51. The average molecular weight is 757 g/mol. The topological polar surface area (TPSA) is 176 Å². The van der Waals surface area contributed by atoms with Crippen LogP contribution in [-0.4, -0.2) is 66.2 Å². The zero-order valence-corrected chi connectivity index (χ0v) is 31.8. The number of hydrogen-bond donors (Lipinski definition) is 1. The van der Waals surface area contributed by atoms with Crippen LogP contribution in [-0.2, 0) is 29.3 Å². The number of nitrogens with zero attached hydrogens (tertiary/aromatic N) is 5. The molecule has 0 aliphatic carbocycles. The van der Waals surface area contributed by atoms with Crippen molar-refractivity contribution in [1.29, 1.82) is 0 Å². The van der Waals surface area contributed by atoms with Crippen molar-refractivity contribution < 1.29 is 37.7 Å². The second-order valence-corrected chi connectivity index (χ2v) is 14.0. The third-order valence-electron chi connectivity index (χ3n) is 9.51. The van der Waals surface area contributed by atoms with Gasteiger partial charge in [0.25, 0.3) is 0 Å². The van der Waals surface area contributed by atoms with Gasteiger partial charge in [-0.15, -0.1) is 0 Å². The van der Waals surface area contributed by atoms with Crippen LogP contribution in [0.4, 0.5) is 10.2 Å². The number of halogens is 1. The van der Waals surface area contributed by atoms with Gasteiger partial charge >= 0.3 is 17.6 Å². The molecule has 0 saturated carbocycles. The van der Waals surface area contributed by atoms with Gasteiger partial charge in [-0.2, -0.15) is 4.98 Å². The highest BCUT2D eigenvalue weighted by atomic mass is 19.1. The number of methoxy groups -OCH3 is 2. The van der Waals surface area contributed by atoms with Crippen LogP contribution >= 0.6 is 0 Å². The molecule has 55 heavy (non-hydrogen) atoms. The van der Waals surface area contributed by atoms with Gasteiger partial charge in [0.05, 0.1) is 32.6 Å². The van der Waals surface area contributed by atoms with Crippen molar-refractivity contribution in [1.82, 2.24) is 9.55 Å². The minimum absolute atomic E-state index is 0.129. The number of hydrogen-bond acceptors (Lipinski definition) is 11. The second-order valence-electron chi connectivity index (χ2n) is 14.0. The summed E-state index contributed by atoms with van der Waals surface area (Å²) in [6, 6.07) is 26.0. The highest BCUT2D eigenvalue weighted by molar-refractivity contribution is 5.72. The summed E-state index contributed by atoms with van der Waals surface area (Å²) in [7, 11) is 3.15. The number of esters is 2. The Kier molecular flexibility index (Phi) is 12.2. The highest BCUT2D eigenvalue weighted by Crippen LogP contribution is 2.49. The average Bonchev–Trinajstić information content (AvgIpc) is 3.40. The molecule has 0 bridgehead atoms. The predicted molar refractivity (Wildman–Crippen MR) is 201 cm³/mol. The van der Waals surface area contributed by atoms with Crippen LogP contribution in [0.2, 0.25) is 0 Å². The van der Waals surface area contributed by atoms with E-state index in [0.717, 1.165) is 28.2 Å². The molecule has 3 aromatic carbocycles. The first-order chi connectivity index (χ1) is 26.2. The molecular weight excluding hydrogens is 711 g/mol. The fourth-order valence-corrected chi connectivity index (χ4v) is 6.57. The number of ether oxygens (including phenoxy) is 5. The van der Waals surface area contributed by atoms with Crippen molar-refractivity contribution in [2.75, 3.05) is 32.7 Å². The fourth-order valence-electron chi connectivity index (χ4n) is 6.57. The fraction of sp³-hybridized carbons (Fsp3) is 0.400. The second kappa shape index (κ2) is 16.6. The van der Waals surface area contributed by atoms with Crippen LogP contribution in [0.15, 0.2) is 101 Å². The zero-order chi connectivity index (χ0) is 40.0. The summed E-state index contributed by atoms with van der Waals surface area (Å²) in [6.45, 7) is 6.20. The Hall–Kier alpha value is -5.92. The maximum Gasteiger partial charge on any atom is 0.351 e. The number of aromatic nitrogens is 2.